The Bertz CT molecular complexity index is 290. The van der Waals surface area contributed by atoms with Gasteiger partial charge in [-0.3, -0.25) is 4.79 Å². The molecule has 0 aromatic heterocycles. The predicted octanol–water partition coefficient (Wildman–Crippen LogP) is 2.79. The van der Waals surface area contributed by atoms with Crippen molar-refractivity contribution in [3.05, 3.63) is 0 Å². The minimum Gasteiger partial charge on any atom is -0.338 e. The molecule has 0 bridgehead atoms. The van der Waals surface area contributed by atoms with Gasteiger partial charge in [-0.25, -0.2) is 0 Å². The summed E-state index contributed by atoms with van der Waals surface area (Å²) in [5, 5.41) is 8.65. The lowest BCUT2D eigenvalue weighted by Gasteiger charge is -2.38. The Morgan fingerprint density at radius 1 is 1.35 bits per heavy atom. The second-order valence-electron chi connectivity index (χ2n) is 5.20. The van der Waals surface area contributed by atoms with Crippen molar-refractivity contribution >= 4 is 17.5 Å². The van der Waals surface area contributed by atoms with Crippen LogP contribution in [0.15, 0.2) is 0 Å². The summed E-state index contributed by atoms with van der Waals surface area (Å²) in [6.07, 6.45) is 3.70. The Kier molecular flexibility index (Phi) is 5.77. The predicted molar refractivity (Wildman–Crippen MR) is 68.6 cm³/mol. The van der Waals surface area contributed by atoms with E-state index in [1.165, 1.54) is 6.42 Å². The van der Waals surface area contributed by atoms with Crippen LogP contribution in [-0.2, 0) is 4.79 Å². The van der Waals surface area contributed by atoms with Gasteiger partial charge in [0.05, 0.1) is 12.5 Å². The van der Waals surface area contributed by atoms with Crippen LogP contribution < -0.4 is 0 Å². The summed E-state index contributed by atoms with van der Waals surface area (Å²) in [6, 6.07) is 2.37. The fourth-order valence-electron chi connectivity index (χ4n) is 2.92. The van der Waals surface area contributed by atoms with Gasteiger partial charge in [-0.15, -0.1) is 11.6 Å². The van der Waals surface area contributed by atoms with E-state index in [2.05, 4.69) is 19.9 Å². The van der Waals surface area contributed by atoms with Gasteiger partial charge in [-0.2, -0.15) is 5.26 Å². The van der Waals surface area contributed by atoms with Gasteiger partial charge in [0.25, 0.3) is 0 Å². The number of halogens is 1. The number of carbonyl (C=O) groups is 1. The molecule has 4 heteroatoms. The number of amides is 1. The van der Waals surface area contributed by atoms with E-state index in [4.69, 9.17) is 16.9 Å². The molecule has 0 spiro atoms. The molecule has 0 radical (unpaired) electrons. The molecule has 1 saturated carbocycles. The molecule has 0 aromatic carbocycles. The second kappa shape index (κ2) is 6.86. The molecule has 0 aromatic rings. The molecule has 0 saturated heterocycles. The maximum absolute atomic E-state index is 11.8. The van der Waals surface area contributed by atoms with Crippen LogP contribution in [0.4, 0.5) is 0 Å². The largest absolute Gasteiger partial charge is 0.338 e. The molecule has 0 N–H and O–H groups in total. The van der Waals surface area contributed by atoms with E-state index in [1.54, 1.807) is 0 Å². The molecule has 1 fully saturated rings. The van der Waals surface area contributed by atoms with Crippen molar-refractivity contribution in [2.75, 3.05) is 12.4 Å². The van der Waals surface area contributed by atoms with Crippen molar-refractivity contribution in [3.63, 3.8) is 0 Å². The number of alkyl halides is 1. The number of carbonyl (C=O) groups excluding carboxylic acids is 1. The summed E-state index contributed by atoms with van der Waals surface area (Å²) >= 11 is 5.64. The fraction of sp³-hybridized carbons (Fsp3) is 0.846. The Hall–Kier alpha value is -0.750. The summed E-state index contributed by atoms with van der Waals surface area (Å²) in [4.78, 5) is 13.6. The average molecular weight is 257 g/mol. The molecule has 3 nitrogen and oxygen atoms in total. The summed E-state index contributed by atoms with van der Waals surface area (Å²) in [6.45, 7) is 4.98. The molecule has 1 amide bonds. The van der Waals surface area contributed by atoms with Gasteiger partial charge in [-0.1, -0.05) is 13.8 Å². The molecule has 1 aliphatic carbocycles. The normalized spacial score (nSPS) is 28.5. The highest BCUT2D eigenvalue weighted by Gasteiger charge is 2.30. The molecule has 1 rings (SSSR count). The topological polar surface area (TPSA) is 44.1 Å². The zero-order valence-corrected chi connectivity index (χ0v) is 11.4. The van der Waals surface area contributed by atoms with Gasteiger partial charge >= 0.3 is 0 Å². The monoisotopic (exact) mass is 256 g/mol. The SMILES string of the molecule is CC1CC(C)CC(N(CCC#N)C(=O)CCl)C1. The summed E-state index contributed by atoms with van der Waals surface area (Å²) in [7, 11) is 0. The molecule has 0 aliphatic heterocycles. The second-order valence-corrected chi connectivity index (χ2v) is 5.47. The van der Waals surface area contributed by atoms with Gasteiger partial charge < -0.3 is 4.90 Å². The number of nitrogens with zero attached hydrogens (tertiary/aromatic N) is 2. The van der Waals surface area contributed by atoms with Gasteiger partial charge in [0.2, 0.25) is 5.91 Å². The first-order chi connectivity index (χ1) is 8.08. The van der Waals surface area contributed by atoms with Crippen molar-refractivity contribution in [2.24, 2.45) is 11.8 Å². The van der Waals surface area contributed by atoms with Crippen LogP contribution in [0.25, 0.3) is 0 Å². The van der Waals surface area contributed by atoms with Crippen LogP contribution in [0.2, 0.25) is 0 Å². The van der Waals surface area contributed by atoms with Crippen LogP contribution in [0.3, 0.4) is 0 Å². The first-order valence-corrected chi connectivity index (χ1v) is 6.84. The molecular formula is C13H21ClN2O. The molecule has 2 unspecified atom stereocenters. The fourth-order valence-corrected chi connectivity index (χ4v) is 3.07. The van der Waals surface area contributed by atoms with E-state index < -0.39 is 0 Å². The number of nitriles is 1. The third-order valence-electron chi connectivity index (χ3n) is 3.49. The first-order valence-electron chi connectivity index (χ1n) is 6.30. The minimum absolute atomic E-state index is 0.0185. The smallest absolute Gasteiger partial charge is 0.237 e. The highest BCUT2D eigenvalue weighted by molar-refractivity contribution is 6.27. The maximum Gasteiger partial charge on any atom is 0.237 e. The summed E-state index contributed by atoms with van der Waals surface area (Å²) in [5.41, 5.74) is 0. The quantitative estimate of drug-likeness (QED) is 0.726. The zero-order chi connectivity index (χ0) is 12.8. The third-order valence-corrected chi connectivity index (χ3v) is 3.72. The van der Waals surface area contributed by atoms with Crippen LogP contribution in [0.1, 0.15) is 39.5 Å². The van der Waals surface area contributed by atoms with Crippen LogP contribution in [0, 0.1) is 23.2 Å². The highest BCUT2D eigenvalue weighted by atomic mass is 35.5. The van der Waals surface area contributed by atoms with Crippen molar-refractivity contribution in [1.82, 2.24) is 4.90 Å². The molecule has 2 atom stereocenters. The number of rotatable bonds is 4. The van der Waals surface area contributed by atoms with E-state index in [9.17, 15) is 4.79 Å². The highest BCUT2D eigenvalue weighted by Crippen LogP contribution is 2.31. The van der Waals surface area contributed by atoms with Crippen molar-refractivity contribution in [1.29, 1.82) is 5.26 Å². The molecule has 1 aliphatic rings. The lowest BCUT2D eigenvalue weighted by Crippen LogP contribution is -2.45. The van der Waals surface area contributed by atoms with E-state index in [-0.39, 0.29) is 17.8 Å². The van der Waals surface area contributed by atoms with Crippen molar-refractivity contribution in [3.8, 4) is 6.07 Å². The molecule has 0 heterocycles. The lowest BCUT2D eigenvalue weighted by molar-refractivity contribution is -0.132. The Morgan fingerprint density at radius 3 is 2.41 bits per heavy atom. The van der Waals surface area contributed by atoms with Crippen LogP contribution in [0.5, 0.6) is 0 Å². The van der Waals surface area contributed by atoms with E-state index in [0.29, 0.717) is 24.8 Å². The summed E-state index contributed by atoms with van der Waals surface area (Å²) in [5.74, 6) is 1.28. The zero-order valence-electron chi connectivity index (χ0n) is 10.7. The molecule has 96 valence electrons. The Labute approximate surface area is 109 Å². The van der Waals surface area contributed by atoms with Crippen LogP contribution in [-0.4, -0.2) is 29.3 Å². The van der Waals surface area contributed by atoms with Gasteiger partial charge in [-0.05, 0) is 31.1 Å². The third kappa shape index (κ3) is 4.20. The Balaban J connectivity index is 2.68. The van der Waals surface area contributed by atoms with Crippen molar-refractivity contribution < 1.29 is 4.79 Å². The van der Waals surface area contributed by atoms with E-state index >= 15 is 0 Å². The van der Waals surface area contributed by atoms with E-state index in [1.807, 2.05) is 4.90 Å². The van der Waals surface area contributed by atoms with Gasteiger partial charge in [0.15, 0.2) is 0 Å². The first kappa shape index (κ1) is 14.3. The minimum atomic E-state index is -0.0341. The number of hydrogen-bond donors (Lipinski definition) is 0. The van der Waals surface area contributed by atoms with E-state index in [0.717, 1.165) is 12.8 Å². The number of hydrogen-bond acceptors (Lipinski definition) is 2. The van der Waals surface area contributed by atoms with Gasteiger partial charge in [0, 0.05) is 12.6 Å². The standard InChI is InChI=1S/C13H21ClN2O/c1-10-6-11(2)8-12(7-10)16(5-3-4-15)13(17)9-14/h10-12H,3,5-9H2,1-2H3. The molecular weight excluding hydrogens is 236 g/mol. The lowest BCUT2D eigenvalue weighted by atomic mass is 9.79. The average Bonchev–Trinajstić information content (AvgIpc) is 2.28. The van der Waals surface area contributed by atoms with Crippen LogP contribution >= 0.6 is 11.6 Å². The van der Waals surface area contributed by atoms with Gasteiger partial charge in [0.1, 0.15) is 5.88 Å². The summed E-state index contributed by atoms with van der Waals surface area (Å²) < 4.78 is 0. The van der Waals surface area contributed by atoms with Crippen molar-refractivity contribution in [2.45, 2.75) is 45.6 Å². The molecule has 17 heavy (non-hydrogen) atoms. The maximum atomic E-state index is 11.8. The Morgan fingerprint density at radius 2 is 1.94 bits per heavy atom.